The van der Waals surface area contributed by atoms with Gasteiger partial charge in [0.2, 0.25) is 0 Å². The third kappa shape index (κ3) is 2.84. The Hall–Kier alpha value is -3.31. The minimum atomic E-state index is -1.74. The molecule has 11 heteroatoms. The number of hydrogen-bond donors (Lipinski definition) is 0. The fraction of sp³-hybridized carbons (Fsp3) is 0.476. The molecule has 2 aromatic heterocycles. The smallest absolute Gasteiger partial charge is 0.322 e. The normalized spacial score (nSPS) is 30.6. The highest BCUT2D eigenvalue weighted by molar-refractivity contribution is 6.17. The Kier molecular flexibility index (Phi) is 5.47. The fourth-order valence-corrected chi connectivity index (χ4v) is 5.44. The molecule has 2 aromatic rings. The first-order valence-corrected chi connectivity index (χ1v) is 9.98. The molecule has 0 aliphatic carbocycles. The van der Waals surface area contributed by atoms with Gasteiger partial charge in [-0.3, -0.25) is 39.2 Å². The maximum absolute atomic E-state index is 14.4. The molecule has 2 bridgehead atoms. The lowest BCUT2D eigenvalue weighted by molar-refractivity contribution is -0.202. The minimum Gasteiger partial charge on any atom is -0.468 e. The topological polar surface area (TPSA) is 128 Å². The zero-order valence-corrected chi connectivity index (χ0v) is 18.3. The molecule has 0 radical (unpaired) electrons. The van der Waals surface area contributed by atoms with Gasteiger partial charge in [-0.1, -0.05) is 0 Å². The van der Waals surface area contributed by atoms with Crippen molar-refractivity contribution in [1.82, 2.24) is 29.7 Å². The van der Waals surface area contributed by atoms with Crippen molar-refractivity contribution >= 4 is 17.7 Å². The summed E-state index contributed by atoms with van der Waals surface area (Å²) in [4.78, 5) is 61.7. The van der Waals surface area contributed by atoms with Gasteiger partial charge < -0.3 is 14.4 Å². The van der Waals surface area contributed by atoms with Crippen LogP contribution in [0.25, 0.3) is 0 Å². The number of methoxy groups -OCH3 is 2. The van der Waals surface area contributed by atoms with Crippen LogP contribution < -0.4 is 0 Å². The van der Waals surface area contributed by atoms with Crippen LogP contribution in [0.15, 0.2) is 37.2 Å². The number of piperidine rings is 2. The Morgan fingerprint density at radius 3 is 1.66 bits per heavy atom. The summed E-state index contributed by atoms with van der Waals surface area (Å²) in [5.41, 5.74) is -2.67. The summed E-state index contributed by atoms with van der Waals surface area (Å²) < 4.78 is 10.3. The lowest BCUT2D eigenvalue weighted by Crippen LogP contribution is -2.75. The van der Waals surface area contributed by atoms with Crippen LogP contribution in [-0.4, -0.2) is 88.9 Å². The predicted molar refractivity (Wildman–Crippen MR) is 109 cm³/mol. The second kappa shape index (κ2) is 7.99. The van der Waals surface area contributed by atoms with Crippen LogP contribution in [0.4, 0.5) is 0 Å². The van der Waals surface area contributed by atoms with Crippen LogP contribution in [0.1, 0.15) is 23.5 Å². The maximum Gasteiger partial charge on any atom is 0.322 e. The monoisotopic (exact) mass is 440 g/mol. The molecule has 0 spiro atoms. The Bertz CT molecular complexity index is 958. The van der Waals surface area contributed by atoms with Gasteiger partial charge in [-0.25, -0.2) is 0 Å². The van der Waals surface area contributed by atoms with Crippen molar-refractivity contribution in [2.75, 3.05) is 41.4 Å². The highest BCUT2D eigenvalue weighted by atomic mass is 16.5. The van der Waals surface area contributed by atoms with Crippen molar-refractivity contribution in [3.63, 3.8) is 0 Å². The number of nitrogens with zero attached hydrogens (tertiary/aromatic N) is 6. The molecule has 11 nitrogen and oxygen atoms in total. The van der Waals surface area contributed by atoms with Crippen LogP contribution in [0.3, 0.4) is 0 Å². The average Bonchev–Trinajstić information content (AvgIpc) is 2.81. The Morgan fingerprint density at radius 1 is 0.875 bits per heavy atom. The maximum atomic E-state index is 14.4. The van der Waals surface area contributed by atoms with Gasteiger partial charge >= 0.3 is 11.9 Å². The number of carbonyl (C=O) groups is 3. The summed E-state index contributed by atoms with van der Waals surface area (Å²) in [6, 6.07) is -1.74. The third-order valence-corrected chi connectivity index (χ3v) is 6.42. The first-order valence-electron chi connectivity index (χ1n) is 9.98. The van der Waals surface area contributed by atoms with Crippen LogP contribution in [0.2, 0.25) is 0 Å². The van der Waals surface area contributed by atoms with Crippen molar-refractivity contribution in [1.29, 1.82) is 0 Å². The van der Waals surface area contributed by atoms with Gasteiger partial charge in [0, 0.05) is 37.9 Å². The van der Waals surface area contributed by atoms with Crippen LogP contribution in [0, 0.1) is 10.8 Å². The molecule has 0 amide bonds. The molecule has 2 aliphatic heterocycles. The van der Waals surface area contributed by atoms with Crippen LogP contribution >= 0.6 is 0 Å². The van der Waals surface area contributed by atoms with E-state index in [1.807, 2.05) is 0 Å². The minimum absolute atomic E-state index is 0.0377. The highest BCUT2D eigenvalue weighted by Crippen LogP contribution is 2.59. The van der Waals surface area contributed by atoms with E-state index in [1.54, 1.807) is 23.9 Å². The number of hydrogen-bond acceptors (Lipinski definition) is 11. The summed E-state index contributed by atoms with van der Waals surface area (Å²) in [5.74, 6) is -2.07. The number of aromatic nitrogens is 4. The molecule has 4 heterocycles. The number of fused-ring (bicyclic) bond motifs is 2. The number of carbonyl (C=O) groups excluding carboxylic acids is 3. The molecule has 4 atom stereocenters. The standard InChI is InChI=1S/C21H24N6O5/c1-26-11-20(18(29)31-3)15(13-9-22-5-7-24-13)27(2)16(14-10-23-6-8-25-14)21(12-26,17(20)28)19(30)32-4/h5-10,15-16H,11-12H2,1-4H3/t15-,16-,20-,21+/m1/s1. The molecule has 0 saturated carbocycles. The van der Waals surface area contributed by atoms with Gasteiger partial charge in [-0.2, -0.15) is 0 Å². The lowest BCUT2D eigenvalue weighted by Gasteiger charge is -2.60. The highest BCUT2D eigenvalue weighted by Gasteiger charge is 2.75. The first kappa shape index (κ1) is 21.9. The van der Waals surface area contributed by atoms with E-state index in [-0.39, 0.29) is 13.1 Å². The van der Waals surface area contributed by atoms with Gasteiger partial charge in [-0.15, -0.1) is 0 Å². The van der Waals surface area contributed by atoms with Gasteiger partial charge in [0.1, 0.15) is 0 Å². The van der Waals surface area contributed by atoms with Crippen molar-refractivity contribution < 1.29 is 23.9 Å². The molecule has 168 valence electrons. The summed E-state index contributed by atoms with van der Waals surface area (Å²) in [7, 11) is 5.92. The third-order valence-electron chi connectivity index (χ3n) is 6.42. The molecule has 0 unspecified atom stereocenters. The predicted octanol–water partition coefficient (Wildman–Crippen LogP) is -0.172. The summed E-state index contributed by atoms with van der Waals surface area (Å²) in [6.45, 7) is 0.0754. The molecule has 4 rings (SSSR count). The zero-order valence-electron chi connectivity index (χ0n) is 18.3. The van der Waals surface area contributed by atoms with Gasteiger partial charge in [0.25, 0.3) is 0 Å². The van der Waals surface area contributed by atoms with Crippen molar-refractivity contribution in [3.8, 4) is 0 Å². The van der Waals surface area contributed by atoms with Crippen molar-refractivity contribution in [3.05, 3.63) is 48.6 Å². The quantitative estimate of drug-likeness (QED) is 0.464. The average molecular weight is 440 g/mol. The second-order valence-corrected chi connectivity index (χ2v) is 8.16. The zero-order chi connectivity index (χ0) is 23.1. The van der Waals surface area contributed by atoms with Crippen molar-refractivity contribution in [2.45, 2.75) is 12.1 Å². The number of Topliss-reactive ketones (excluding diaryl/α,β-unsaturated/α-hetero) is 1. The number of ether oxygens (including phenoxy) is 2. The number of esters is 2. The van der Waals surface area contributed by atoms with E-state index in [0.717, 1.165) is 0 Å². The summed E-state index contributed by atoms with van der Waals surface area (Å²) in [6.07, 6.45) is 9.00. The molecule has 2 fully saturated rings. The molecule has 0 N–H and O–H groups in total. The van der Waals surface area contributed by atoms with E-state index < -0.39 is 40.6 Å². The van der Waals surface area contributed by atoms with E-state index in [9.17, 15) is 14.4 Å². The molecule has 0 aromatic carbocycles. The number of ketones is 1. The van der Waals surface area contributed by atoms with E-state index in [0.29, 0.717) is 11.4 Å². The lowest BCUT2D eigenvalue weighted by atomic mass is 9.54. The summed E-state index contributed by atoms with van der Waals surface area (Å²) >= 11 is 0. The summed E-state index contributed by atoms with van der Waals surface area (Å²) in [5, 5.41) is 0. The molecule has 2 saturated heterocycles. The molecule has 32 heavy (non-hydrogen) atoms. The Labute approximate surface area is 184 Å². The van der Waals surface area contributed by atoms with E-state index in [2.05, 4.69) is 19.9 Å². The molecular weight excluding hydrogens is 416 g/mol. The number of likely N-dealkylation sites (tertiary alicyclic amines) is 2. The van der Waals surface area contributed by atoms with E-state index in [4.69, 9.17) is 9.47 Å². The second-order valence-electron chi connectivity index (χ2n) is 8.16. The Balaban J connectivity index is 2.07. The Morgan fingerprint density at radius 2 is 1.31 bits per heavy atom. The largest absolute Gasteiger partial charge is 0.468 e. The van der Waals surface area contributed by atoms with Gasteiger partial charge in [0.05, 0.1) is 50.1 Å². The first-order chi connectivity index (χ1) is 15.3. The van der Waals surface area contributed by atoms with Gasteiger partial charge in [-0.05, 0) is 14.1 Å². The molecular formula is C21H24N6O5. The van der Waals surface area contributed by atoms with E-state index in [1.165, 1.54) is 51.4 Å². The van der Waals surface area contributed by atoms with Gasteiger partial charge in [0.15, 0.2) is 16.6 Å². The van der Waals surface area contributed by atoms with Crippen LogP contribution in [-0.2, 0) is 23.9 Å². The fourth-order valence-electron chi connectivity index (χ4n) is 5.44. The van der Waals surface area contributed by atoms with Crippen LogP contribution in [0.5, 0.6) is 0 Å². The van der Waals surface area contributed by atoms with Crippen molar-refractivity contribution in [2.24, 2.45) is 10.8 Å². The molecule has 2 aliphatic rings. The SMILES string of the molecule is COC(=O)[C@@]12CN(C)C[C@@](C(=O)OC)(C1=O)[C@@H](c1cnccn1)N(C)[C@@H]2c1cnccn1. The van der Waals surface area contributed by atoms with E-state index >= 15 is 0 Å². The number of rotatable bonds is 4.